The molecule has 1 heterocycles. The Hall–Kier alpha value is -2.10. The second-order valence-electron chi connectivity index (χ2n) is 4.81. The van der Waals surface area contributed by atoms with Crippen LogP contribution in [0.5, 0.6) is 5.75 Å². The van der Waals surface area contributed by atoms with Gasteiger partial charge in [-0.2, -0.15) is 0 Å². The van der Waals surface area contributed by atoms with E-state index in [1.165, 1.54) is 0 Å². The Labute approximate surface area is 113 Å². The zero-order chi connectivity index (χ0) is 14.2. The molecule has 0 aliphatic heterocycles. The molecule has 0 atom stereocenters. The number of aryl methyl sites for hydroxylation is 3. The number of nitrogens with zero attached hydrogens (tertiary/aromatic N) is 2. The fourth-order valence-electron chi connectivity index (χ4n) is 2.09. The van der Waals surface area contributed by atoms with Crippen molar-refractivity contribution in [1.82, 2.24) is 9.97 Å². The molecule has 1 aromatic heterocycles. The highest BCUT2D eigenvalue weighted by Gasteiger charge is 2.11. The highest BCUT2D eigenvalue weighted by Crippen LogP contribution is 2.28. The summed E-state index contributed by atoms with van der Waals surface area (Å²) in [6.07, 6.45) is 0. The predicted molar refractivity (Wildman–Crippen MR) is 77.6 cm³/mol. The molecule has 0 radical (unpaired) electrons. The van der Waals surface area contributed by atoms with Crippen LogP contribution in [0, 0.1) is 27.7 Å². The topological polar surface area (TPSA) is 58.0 Å². The highest BCUT2D eigenvalue weighted by molar-refractivity contribution is 5.63. The van der Waals surface area contributed by atoms with Crippen molar-refractivity contribution in [3.8, 4) is 17.1 Å². The minimum absolute atomic E-state index is 0.335. The van der Waals surface area contributed by atoms with E-state index >= 15 is 0 Å². The van der Waals surface area contributed by atoms with E-state index in [2.05, 4.69) is 15.3 Å². The summed E-state index contributed by atoms with van der Waals surface area (Å²) in [7, 11) is 1.85. The summed E-state index contributed by atoms with van der Waals surface area (Å²) >= 11 is 0. The van der Waals surface area contributed by atoms with E-state index in [1.807, 2.05) is 46.9 Å². The standard InChI is InChI=1S/C15H19N3O/c1-8-6-12(7-9(2)13(8)19)15-17-11(4)10(3)14(16-5)18-15/h6-7,19H,1-5H3,(H,16,17,18). The van der Waals surface area contributed by atoms with Gasteiger partial charge in [-0.3, -0.25) is 0 Å². The van der Waals surface area contributed by atoms with Gasteiger partial charge < -0.3 is 10.4 Å². The van der Waals surface area contributed by atoms with Gasteiger partial charge in [0.2, 0.25) is 0 Å². The largest absolute Gasteiger partial charge is 0.507 e. The van der Waals surface area contributed by atoms with Gasteiger partial charge in [-0.15, -0.1) is 0 Å². The van der Waals surface area contributed by atoms with Crippen LogP contribution in [0.1, 0.15) is 22.4 Å². The van der Waals surface area contributed by atoms with Crippen molar-refractivity contribution < 1.29 is 5.11 Å². The monoisotopic (exact) mass is 257 g/mol. The van der Waals surface area contributed by atoms with Crippen LogP contribution in [-0.2, 0) is 0 Å². The third-order valence-electron chi connectivity index (χ3n) is 3.38. The molecular formula is C15H19N3O. The summed E-state index contributed by atoms with van der Waals surface area (Å²) in [6.45, 7) is 7.73. The number of aromatic nitrogens is 2. The van der Waals surface area contributed by atoms with Crippen LogP contribution in [0.25, 0.3) is 11.4 Å². The van der Waals surface area contributed by atoms with Gasteiger partial charge in [0.1, 0.15) is 11.6 Å². The van der Waals surface area contributed by atoms with E-state index in [0.29, 0.717) is 11.6 Å². The number of phenolic OH excluding ortho intramolecular Hbond substituents is 1. The maximum absolute atomic E-state index is 9.82. The number of benzene rings is 1. The van der Waals surface area contributed by atoms with Crippen molar-refractivity contribution in [3.05, 3.63) is 34.5 Å². The molecule has 100 valence electrons. The molecule has 1 aromatic carbocycles. The zero-order valence-corrected chi connectivity index (χ0v) is 12.0. The summed E-state index contributed by atoms with van der Waals surface area (Å²) in [6, 6.07) is 3.82. The first-order valence-electron chi connectivity index (χ1n) is 6.27. The van der Waals surface area contributed by atoms with E-state index in [-0.39, 0.29) is 0 Å². The van der Waals surface area contributed by atoms with Crippen molar-refractivity contribution in [2.45, 2.75) is 27.7 Å². The Balaban J connectivity index is 2.62. The first-order chi connectivity index (χ1) is 8.93. The van der Waals surface area contributed by atoms with Gasteiger partial charge in [-0.25, -0.2) is 9.97 Å². The second kappa shape index (κ2) is 4.88. The van der Waals surface area contributed by atoms with Crippen LogP contribution in [0.15, 0.2) is 12.1 Å². The molecule has 2 rings (SSSR count). The summed E-state index contributed by atoms with van der Waals surface area (Å²) < 4.78 is 0. The molecule has 0 spiro atoms. The fourth-order valence-corrected chi connectivity index (χ4v) is 2.09. The van der Waals surface area contributed by atoms with E-state index in [9.17, 15) is 5.11 Å². The highest BCUT2D eigenvalue weighted by atomic mass is 16.3. The molecule has 0 saturated heterocycles. The van der Waals surface area contributed by atoms with E-state index in [1.54, 1.807) is 0 Å². The Morgan fingerprint density at radius 1 is 1.00 bits per heavy atom. The molecule has 2 N–H and O–H groups in total. The Kier molecular flexibility index (Phi) is 3.42. The lowest BCUT2D eigenvalue weighted by atomic mass is 10.0. The average molecular weight is 257 g/mol. The first-order valence-corrected chi connectivity index (χ1v) is 6.27. The second-order valence-corrected chi connectivity index (χ2v) is 4.81. The minimum atomic E-state index is 0.335. The molecule has 0 fully saturated rings. The third-order valence-corrected chi connectivity index (χ3v) is 3.38. The molecule has 0 aliphatic rings. The van der Waals surface area contributed by atoms with E-state index in [0.717, 1.165) is 33.8 Å². The van der Waals surface area contributed by atoms with Crippen molar-refractivity contribution >= 4 is 5.82 Å². The fraction of sp³-hybridized carbons (Fsp3) is 0.333. The van der Waals surface area contributed by atoms with Gasteiger partial charge in [0, 0.05) is 23.9 Å². The minimum Gasteiger partial charge on any atom is -0.507 e. The predicted octanol–water partition coefficient (Wildman–Crippen LogP) is 3.12. The lowest BCUT2D eigenvalue weighted by Crippen LogP contribution is -2.03. The molecule has 0 saturated carbocycles. The molecular weight excluding hydrogens is 238 g/mol. The summed E-state index contributed by atoms with van der Waals surface area (Å²) in [4.78, 5) is 9.06. The van der Waals surface area contributed by atoms with Crippen LogP contribution in [0.3, 0.4) is 0 Å². The molecule has 19 heavy (non-hydrogen) atoms. The number of hydrogen-bond acceptors (Lipinski definition) is 4. The molecule has 2 aromatic rings. The summed E-state index contributed by atoms with van der Waals surface area (Å²) in [5.74, 6) is 1.85. The number of phenols is 1. The van der Waals surface area contributed by atoms with Gasteiger partial charge >= 0.3 is 0 Å². The number of anilines is 1. The van der Waals surface area contributed by atoms with Gasteiger partial charge in [-0.1, -0.05) is 0 Å². The Bertz CT molecular complexity index is 613. The van der Waals surface area contributed by atoms with Gasteiger partial charge in [0.15, 0.2) is 5.82 Å². The van der Waals surface area contributed by atoms with Gasteiger partial charge in [0.05, 0.1) is 0 Å². The SMILES string of the molecule is CNc1nc(-c2cc(C)c(O)c(C)c2)nc(C)c1C. The third kappa shape index (κ3) is 2.38. The molecule has 4 nitrogen and oxygen atoms in total. The van der Waals surface area contributed by atoms with Crippen LogP contribution in [-0.4, -0.2) is 22.1 Å². The summed E-state index contributed by atoms with van der Waals surface area (Å²) in [5, 5.41) is 12.9. The summed E-state index contributed by atoms with van der Waals surface area (Å²) in [5.41, 5.74) is 4.61. The van der Waals surface area contributed by atoms with Crippen LogP contribution >= 0.6 is 0 Å². The van der Waals surface area contributed by atoms with Gasteiger partial charge in [-0.05, 0) is 51.0 Å². The normalized spacial score (nSPS) is 10.6. The lowest BCUT2D eigenvalue weighted by molar-refractivity contribution is 0.467. The van der Waals surface area contributed by atoms with Crippen molar-refractivity contribution in [2.24, 2.45) is 0 Å². The van der Waals surface area contributed by atoms with Gasteiger partial charge in [0.25, 0.3) is 0 Å². The van der Waals surface area contributed by atoms with Crippen molar-refractivity contribution in [3.63, 3.8) is 0 Å². The average Bonchev–Trinajstić information content (AvgIpc) is 2.38. The molecule has 0 bridgehead atoms. The van der Waals surface area contributed by atoms with Crippen molar-refractivity contribution in [1.29, 1.82) is 0 Å². The lowest BCUT2D eigenvalue weighted by Gasteiger charge is -2.11. The number of hydrogen-bond donors (Lipinski definition) is 2. The molecule has 0 unspecified atom stereocenters. The number of rotatable bonds is 2. The molecule has 0 amide bonds. The Morgan fingerprint density at radius 3 is 2.11 bits per heavy atom. The first kappa shape index (κ1) is 13.3. The Morgan fingerprint density at radius 2 is 1.58 bits per heavy atom. The number of nitrogens with one attached hydrogen (secondary N) is 1. The number of aromatic hydroxyl groups is 1. The van der Waals surface area contributed by atoms with E-state index in [4.69, 9.17) is 0 Å². The molecule has 0 aliphatic carbocycles. The van der Waals surface area contributed by atoms with E-state index < -0.39 is 0 Å². The quantitative estimate of drug-likeness (QED) is 0.867. The smallest absolute Gasteiger partial charge is 0.161 e. The van der Waals surface area contributed by atoms with Crippen LogP contribution in [0.2, 0.25) is 0 Å². The van der Waals surface area contributed by atoms with Crippen molar-refractivity contribution in [2.75, 3.05) is 12.4 Å². The maximum Gasteiger partial charge on any atom is 0.161 e. The maximum atomic E-state index is 9.82. The zero-order valence-electron chi connectivity index (χ0n) is 12.0. The van der Waals surface area contributed by atoms with Crippen LogP contribution < -0.4 is 5.32 Å². The molecule has 4 heteroatoms. The van der Waals surface area contributed by atoms with Crippen LogP contribution in [0.4, 0.5) is 5.82 Å².